The van der Waals surface area contributed by atoms with Crippen molar-refractivity contribution in [3.63, 3.8) is 0 Å². The predicted molar refractivity (Wildman–Crippen MR) is 56.1 cm³/mol. The van der Waals surface area contributed by atoms with Gasteiger partial charge in [-0.3, -0.25) is 4.79 Å². The second kappa shape index (κ2) is 3.48. The van der Waals surface area contributed by atoms with Gasteiger partial charge in [0.2, 0.25) is 6.29 Å². The molecule has 1 aliphatic heterocycles. The maximum Gasteiger partial charge on any atom is 0.304 e. The van der Waals surface area contributed by atoms with Crippen molar-refractivity contribution in [2.45, 2.75) is 52.9 Å². The summed E-state index contributed by atoms with van der Waals surface area (Å²) in [6, 6.07) is 0. The minimum absolute atomic E-state index is 0.215. The van der Waals surface area contributed by atoms with E-state index in [1.54, 1.807) is 0 Å². The van der Waals surface area contributed by atoms with Crippen molar-refractivity contribution in [2.24, 2.45) is 17.3 Å². The Morgan fingerprint density at radius 2 is 2.13 bits per heavy atom. The van der Waals surface area contributed by atoms with E-state index in [0.29, 0.717) is 11.8 Å². The zero-order chi connectivity index (χ0) is 11.2. The van der Waals surface area contributed by atoms with E-state index in [0.717, 1.165) is 12.8 Å². The Bertz CT molecular complexity index is 272. The summed E-state index contributed by atoms with van der Waals surface area (Å²) in [6.07, 6.45) is 2.21. The number of carbonyl (C=O) groups is 1. The minimum atomic E-state index is -0.319. The molecular weight excluding hydrogens is 192 g/mol. The Kier molecular flexibility index (Phi) is 2.53. The Morgan fingerprint density at radius 3 is 2.73 bits per heavy atom. The van der Waals surface area contributed by atoms with Gasteiger partial charge in [0.15, 0.2) is 0 Å². The zero-order valence-corrected chi connectivity index (χ0v) is 9.95. The van der Waals surface area contributed by atoms with Gasteiger partial charge >= 0.3 is 5.97 Å². The van der Waals surface area contributed by atoms with E-state index in [9.17, 15) is 4.79 Å². The second-order valence-corrected chi connectivity index (χ2v) is 5.56. The average molecular weight is 212 g/mol. The molecule has 3 nitrogen and oxygen atoms in total. The molecule has 1 saturated heterocycles. The Balaban J connectivity index is 2.19. The molecule has 2 rings (SSSR count). The lowest BCUT2D eigenvalue weighted by atomic mass is 9.64. The lowest BCUT2D eigenvalue weighted by Crippen LogP contribution is -2.39. The molecule has 86 valence electrons. The number of esters is 1. The third-order valence-electron chi connectivity index (χ3n) is 4.01. The van der Waals surface area contributed by atoms with Crippen LogP contribution in [0, 0.1) is 17.3 Å². The number of rotatable bonds is 1. The molecule has 0 N–H and O–H groups in total. The molecule has 0 aromatic rings. The maximum atomic E-state index is 11.0. The van der Waals surface area contributed by atoms with Gasteiger partial charge in [0.1, 0.15) is 0 Å². The van der Waals surface area contributed by atoms with Gasteiger partial charge < -0.3 is 9.47 Å². The van der Waals surface area contributed by atoms with Crippen molar-refractivity contribution >= 4 is 5.97 Å². The van der Waals surface area contributed by atoms with Crippen LogP contribution in [0.1, 0.15) is 40.5 Å². The highest BCUT2D eigenvalue weighted by Gasteiger charge is 2.54. The van der Waals surface area contributed by atoms with Crippen LogP contribution in [0.2, 0.25) is 0 Å². The highest BCUT2D eigenvalue weighted by atomic mass is 16.7. The van der Waals surface area contributed by atoms with Crippen LogP contribution in [0.5, 0.6) is 0 Å². The summed E-state index contributed by atoms with van der Waals surface area (Å²) in [4.78, 5) is 11.0. The smallest absolute Gasteiger partial charge is 0.304 e. The van der Waals surface area contributed by atoms with E-state index in [1.165, 1.54) is 6.92 Å². The first-order valence-electron chi connectivity index (χ1n) is 5.74. The molecule has 2 bridgehead atoms. The number of hydrogen-bond acceptors (Lipinski definition) is 3. The molecule has 1 saturated carbocycles. The predicted octanol–water partition coefficient (Wildman–Crippen LogP) is 2.35. The highest BCUT2D eigenvalue weighted by Crippen LogP contribution is 2.52. The van der Waals surface area contributed by atoms with Gasteiger partial charge in [0.05, 0.1) is 6.10 Å². The maximum absolute atomic E-state index is 11.0. The van der Waals surface area contributed by atoms with Crippen LogP contribution in [0.15, 0.2) is 0 Å². The highest BCUT2D eigenvalue weighted by molar-refractivity contribution is 5.66. The fraction of sp³-hybridized carbons (Fsp3) is 0.917. The Hall–Kier alpha value is -0.570. The lowest BCUT2D eigenvalue weighted by Gasteiger charge is -2.39. The first-order chi connectivity index (χ1) is 6.92. The number of hydrogen-bond donors (Lipinski definition) is 0. The average Bonchev–Trinajstić information content (AvgIpc) is 2.30. The lowest BCUT2D eigenvalue weighted by molar-refractivity contribution is -0.180. The normalized spacial score (nSPS) is 42.7. The molecule has 4 atom stereocenters. The third kappa shape index (κ3) is 1.78. The topological polar surface area (TPSA) is 35.5 Å². The molecule has 2 fully saturated rings. The number of carbonyl (C=O) groups excluding carboxylic acids is 1. The van der Waals surface area contributed by atoms with Gasteiger partial charge in [-0.1, -0.05) is 20.8 Å². The molecule has 3 heteroatoms. The monoisotopic (exact) mass is 212 g/mol. The molecular formula is C12H20O3. The summed E-state index contributed by atoms with van der Waals surface area (Å²) in [6.45, 7) is 8.15. The first kappa shape index (κ1) is 10.9. The van der Waals surface area contributed by atoms with Crippen LogP contribution in [0.25, 0.3) is 0 Å². The molecule has 0 amide bonds. The summed E-state index contributed by atoms with van der Waals surface area (Å²) in [5, 5.41) is 0. The zero-order valence-electron chi connectivity index (χ0n) is 9.95. The molecule has 15 heavy (non-hydrogen) atoms. The van der Waals surface area contributed by atoms with E-state index in [2.05, 4.69) is 20.8 Å². The van der Waals surface area contributed by atoms with E-state index in [4.69, 9.17) is 9.47 Å². The van der Waals surface area contributed by atoms with Crippen LogP contribution >= 0.6 is 0 Å². The molecule has 0 aromatic carbocycles. The van der Waals surface area contributed by atoms with Gasteiger partial charge in [0.25, 0.3) is 0 Å². The van der Waals surface area contributed by atoms with Crippen LogP contribution < -0.4 is 0 Å². The molecule has 0 spiro atoms. The van der Waals surface area contributed by atoms with Crippen molar-refractivity contribution in [1.82, 2.24) is 0 Å². The summed E-state index contributed by atoms with van der Waals surface area (Å²) in [7, 11) is 0. The van der Waals surface area contributed by atoms with Crippen LogP contribution in [-0.2, 0) is 14.3 Å². The van der Waals surface area contributed by atoms with Crippen LogP contribution in [0.3, 0.4) is 0 Å². The van der Waals surface area contributed by atoms with Crippen molar-refractivity contribution in [3.05, 3.63) is 0 Å². The van der Waals surface area contributed by atoms with Crippen molar-refractivity contribution < 1.29 is 14.3 Å². The summed E-state index contributed by atoms with van der Waals surface area (Å²) in [5.41, 5.74) is 0.215. The molecule has 0 aromatic heterocycles. The molecule has 4 unspecified atom stereocenters. The summed E-state index contributed by atoms with van der Waals surface area (Å²) < 4.78 is 11.1. The minimum Gasteiger partial charge on any atom is -0.436 e. The quantitative estimate of drug-likeness (QED) is 0.626. The largest absolute Gasteiger partial charge is 0.436 e. The van der Waals surface area contributed by atoms with Crippen LogP contribution in [0.4, 0.5) is 0 Å². The number of ether oxygens (including phenoxy) is 2. The van der Waals surface area contributed by atoms with E-state index in [1.807, 2.05) is 0 Å². The molecule has 1 aliphatic carbocycles. The molecule has 2 aliphatic rings. The first-order valence-corrected chi connectivity index (χ1v) is 5.74. The van der Waals surface area contributed by atoms with Crippen molar-refractivity contribution in [1.29, 1.82) is 0 Å². The second-order valence-electron chi connectivity index (χ2n) is 5.56. The SMILES string of the molecule is CC(=O)OC1OC2CCC(C)(C)C1C2C. The van der Waals surface area contributed by atoms with E-state index >= 15 is 0 Å². The van der Waals surface area contributed by atoms with Crippen molar-refractivity contribution in [2.75, 3.05) is 0 Å². The standard InChI is InChI=1S/C12H20O3/c1-7-9-5-6-12(3,4)10(7)11(15-9)14-8(2)13/h7,9-11H,5-6H2,1-4H3. The fourth-order valence-corrected chi connectivity index (χ4v) is 3.22. The summed E-state index contributed by atoms with van der Waals surface area (Å²) in [5.74, 6) is 0.605. The fourth-order valence-electron chi connectivity index (χ4n) is 3.22. The van der Waals surface area contributed by atoms with Gasteiger partial charge in [-0.25, -0.2) is 0 Å². The summed E-state index contributed by atoms with van der Waals surface area (Å²) >= 11 is 0. The Labute approximate surface area is 91.1 Å². The van der Waals surface area contributed by atoms with Crippen LogP contribution in [-0.4, -0.2) is 18.4 Å². The third-order valence-corrected chi connectivity index (χ3v) is 4.01. The van der Waals surface area contributed by atoms with Gasteiger partial charge in [0, 0.05) is 12.8 Å². The van der Waals surface area contributed by atoms with Crippen molar-refractivity contribution in [3.8, 4) is 0 Å². The van der Waals surface area contributed by atoms with E-state index < -0.39 is 0 Å². The van der Waals surface area contributed by atoms with E-state index in [-0.39, 0.29) is 23.8 Å². The molecule has 0 radical (unpaired) electrons. The Morgan fingerprint density at radius 1 is 1.47 bits per heavy atom. The van der Waals surface area contributed by atoms with Gasteiger partial charge in [-0.05, 0) is 24.2 Å². The van der Waals surface area contributed by atoms with Gasteiger partial charge in [-0.15, -0.1) is 0 Å². The number of fused-ring (bicyclic) bond motifs is 2. The molecule has 1 heterocycles. The van der Waals surface area contributed by atoms with Gasteiger partial charge in [-0.2, -0.15) is 0 Å².